The third-order valence-electron chi connectivity index (χ3n) is 5.04. The first-order valence-corrected chi connectivity index (χ1v) is 11.7. The zero-order chi connectivity index (χ0) is 22.6. The highest BCUT2D eigenvalue weighted by Crippen LogP contribution is 2.31. The predicted octanol–water partition coefficient (Wildman–Crippen LogP) is 5.40. The summed E-state index contributed by atoms with van der Waals surface area (Å²) in [6.07, 6.45) is 0. The van der Waals surface area contributed by atoms with Gasteiger partial charge in [0.05, 0.1) is 11.4 Å². The quantitative estimate of drug-likeness (QED) is 0.504. The molecule has 1 N–H and O–H groups in total. The van der Waals surface area contributed by atoms with Gasteiger partial charge < -0.3 is 5.32 Å². The van der Waals surface area contributed by atoms with E-state index in [0.29, 0.717) is 23.4 Å². The molecule has 0 radical (unpaired) electrons. The molecule has 0 aliphatic heterocycles. The van der Waals surface area contributed by atoms with E-state index >= 15 is 0 Å². The molecule has 0 aliphatic carbocycles. The summed E-state index contributed by atoms with van der Waals surface area (Å²) >= 11 is 1.41. The van der Waals surface area contributed by atoms with Crippen molar-refractivity contribution >= 4 is 17.7 Å². The lowest BCUT2D eigenvalue weighted by atomic mass is 9.87. The molecule has 2 aromatic carbocycles. The van der Waals surface area contributed by atoms with Crippen LogP contribution >= 0.6 is 11.8 Å². The maximum Gasteiger partial charge on any atom is 0.230 e. The molecule has 0 bridgehead atoms. The molecule has 6 heteroatoms. The maximum atomic E-state index is 12.3. The summed E-state index contributed by atoms with van der Waals surface area (Å²) in [5, 5.41) is 12.6. The summed E-state index contributed by atoms with van der Waals surface area (Å²) < 4.78 is 2.06. The second kappa shape index (κ2) is 9.69. The number of rotatable bonds is 7. The van der Waals surface area contributed by atoms with Gasteiger partial charge in [-0.25, -0.2) is 0 Å². The van der Waals surface area contributed by atoms with E-state index < -0.39 is 0 Å². The fourth-order valence-electron chi connectivity index (χ4n) is 3.20. The van der Waals surface area contributed by atoms with Crippen LogP contribution in [0.15, 0.2) is 53.7 Å². The highest BCUT2D eigenvalue weighted by atomic mass is 32.2. The van der Waals surface area contributed by atoms with E-state index in [2.05, 4.69) is 98.0 Å². The van der Waals surface area contributed by atoms with Gasteiger partial charge in [-0.1, -0.05) is 88.8 Å². The molecule has 0 aliphatic rings. The number of aryl methyl sites for hydroxylation is 1. The third kappa shape index (κ3) is 5.76. The van der Waals surface area contributed by atoms with E-state index in [9.17, 15) is 4.79 Å². The van der Waals surface area contributed by atoms with Crippen LogP contribution in [0.4, 0.5) is 0 Å². The summed E-state index contributed by atoms with van der Waals surface area (Å²) in [6, 6.07) is 16.7. The Morgan fingerprint density at radius 1 is 1.06 bits per heavy atom. The average molecular weight is 437 g/mol. The summed E-state index contributed by atoms with van der Waals surface area (Å²) in [5.41, 5.74) is 4.51. The van der Waals surface area contributed by atoms with Crippen LogP contribution in [0.3, 0.4) is 0 Å². The second-order valence-electron chi connectivity index (χ2n) is 9.24. The van der Waals surface area contributed by atoms with Gasteiger partial charge in [0.2, 0.25) is 5.91 Å². The number of nitrogens with one attached hydrogen (secondary N) is 1. The molecule has 5 nitrogen and oxygen atoms in total. The Morgan fingerprint density at radius 2 is 1.74 bits per heavy atom. The number of para-hydroxylation sites is 1. The van der Waals surface area contributed by atoms with Crippen molar-refractivity contribution in [2.24, 2.45) is 5.92 Å². The highest BCUT2D eigenvalue weighted by Gasteiger charge is 2.19. The van der Waals surface area contributed by atoms with Crippen molar-refractivity contribution in [2.75, 3.05) is 12.3 Å². The molecule has 0 saturated carbocycles. The molecule has 0 saturated heterocycles. The minimum atomic E-state index is 0.00844. The van der Waals surface area contributed by atoms with Gasteiger partial charge in [-0.05, 0) is 35.4 Å². The molecular formula is C25H32N4OS. The normalized spacial score (nSPS) is 11.7. The van der Waals surface area contributed by atoms with E-state index in [1.165, 1.54) is 17.3 Å². The van der Waals surface area contributed by atoms with Crippen LogP contribution < -0.4 is 5.32 Å². The first-order chi connectivity index (χ1) is 14.7. The molecule has 3 aromatic rings. The van der Waals surface area contributed by atoms with Crippen molar-refractivity contribution in [1.82, 2.24) is 20.1 Å². The van der Waals surface area contributed by atoms with Crippen molar-refractivity contribution < 1.29 is 4.79 Å². The predicted molar refractivity (Wildman–Crippen MR) is 129 cm³/mol. The van der Waals surface area contributed by atoms with Crippen LogP contribution in [0.25, 0.3) is 17.1 Å². The van der Waals surface area contributed by atoms with E-state index in [1.807, 2.05) is 12.1 Å². The van der Waals surface area contributed by atoms with Crippen LogP contribution in [0.5, 0.6) is 0 Å². The Labute approximate surface area is 189 Å². The minimum absolute atomic E-state index is 0.00844. The van der Waals surface area contributed by atoms with Crippen molar-refractivity contribution in [1.29, 1.82) is 0 Å². The van der Waals surface area contributed by atoms with Crippen molar-refractivity contribution in [3.63, 3.8) is 0 Å². The van der Waals surface area contributed by atoms with Crippen LogP contribution in [-0.4, -0.2) is 33.0 Å². The number of carbonyl (C=O) groups is 1. The lowest BCUT2D eigenvalue weighted by Crippen LogP contribution is -2.28. The third-order valence-corrected chi connectivity index (χ3v) is 5.97. The fraction of sp³-hybridized carbons (Fsp3) is 0.400. The second-order valence-corrected chi connectivity index (χ2v) is 10.2. The van der Waals surface area contributed by atoms with Gasteiger partial charge in [0.25, 0.3) is 0 Å². The first kappa shape index (κ1) is 23.1. The smallest absolute Gasteiger partial charge is 0.230 e. The van der Waals surface area contributed by atoms with E-state index in [1.54, 1.807) is 0 Å². The molecule has 164 valence electrons. The Bertz CT molecular complexity index is 1030. The van der Waals surface area contributed by atoms with Gasteiger partial charge in [-0.15, -0.1) is 10.2 Å². The fourth-order valence-corrected chi connectivity index (χ4v) is 3.97. The Kier molecular flexibility index (Phi) is 7.21. The Morgan fingerprint density at radius 3 is 2.35 bits per heavy atom. The summed E-state index contributed by atoms with van der Waals surface area (Å²) in [5.74, 6) is 1.51. The molecule has 0 atom stereocenters. The summed E-state index contributed by atoms with van der Waals surface area (Å²) in [7, 11) is 0. The Balaban J connectivity index is 1.95. The van der Waals surface area contributed by atoms with Gasteiger partial charge in [-0.2, -0.15) is 0 Å². The number of carbonyl (C=O) groups excluding carboxylic acids is 1. The summed E-state index contributed by atoms with van der Waals surface area (Å²) in [4.78, 5) is 12.3. The zero-order valence-corrected chi connectivity index (χ0v) is 20.1. The van der Waals surface area contributed by atoms with Gasteiger partial charge in [0, 0.05) is 12.1 Å². The molecule has 31 heavy (non-hydrogen) atoms. The van der Waals surface area contributed by atoms with Gasteiger partial charge >= 0.3 is 0 Å². The summed E-state index contributed by atoms with van der Waals surface area (Å²) in [6.45, 7) is 13.5. The van der Waals surface area contributed by atoms with Crippen LogP contribution in [-0.2, 0) is 10.2 Å². The van der Waals surface area contributed by atoms with E-state index in [0.717, 1.165) is 22.6 Å². The molecule has 3 rings (SSSR count). The molecule has 1 aromatic heterocycles. The molecule has 1 amide bonds. The molecular weight excluding hydrogens is 404 g/mol. The number of benzene rings is 2. The van der Waals surface area contributed by atoms with Crippen LogP contribution in [0.2, 0.25) is 0 Å². The largest absolute Gasteiger partial charge is 0.355 e. The average Bonchev–Trinajstić information content (AvgIpc) is 3.14. The van der Waals surface area contributed by atoms with Crippen molar-refractivity contribution in [3.8, 4) is 17.1 Å². The van der Waals surface area contributed by atoms with Crippen molar-refractivity contribution in [3.05, 3.63) is 59.7 Å². The number of thioether (sulfide) groups is 1. The van der Waals surface area contributed by atoms with Crippen molar-refractivity contribution in [2.45, 2.75) is 52.1 Å². The topological polar surface area (TPSA) is 59.8 Å². The lowest BCUT2D eigenvalue weighted by Gasteiger charge is -2.19. The monoisotopic (exact) mass is 436 g/mol. The molecule has 0 spiro atoms. The lowest BCUT2D eigenvalue weighted by molar-refractivity contribution is -0.118. The number of hydrogen-bond acceptors (Lipinski definition) is 4. The standard InChI is InChI=1S/C25H32N4OS/c1-17(2)15-26-22(30)16-31-24-28-27-23(29(24)21-10-8-7-9-18(21)3)19-11-13-20(14-12-19)25(4,5)6/h7-14,17H,15-16H2,1-6H3,(H,26,30). The minimum Gasteiger partial charge on any atom is -0.355 e. The van der Waals surface area contributed by atoms with E-state index in [4.69, 9.17) is 0 Å². The van der Waals surface area contributed by atoms with Gasteiger partial charge in [0.15, 0.2) is 11.0 Å². The van der Waals surface area contributed by atoms with Crippen LogP contribution in [0, 0.1) is 12.8 Å². The van der Waals surface area contributed by atoms with E-state index in [-0.39, 0.29) is 11.3 Å². The van der Waals surface area contributed by atoms with Crippen LogP contribution in [0.1, 0.15) is 45.7 Å². The number of amides is 1. The molecule has 0 fully saturated rings. The zero-order valence-electron chi connectivity index (χ0n) is 19.3. The molecule has 0 unspecified atom stereocenters. The van der Waals surface area contributed by atoms with Gasteiger partial charge in [0.1, 0.15) is 0 Å². The van der Waals surface area contributed by atoms with Gasteiger partial charge in [-0.3, -0.25) is 9.36 Å². The number of hydrogen-bond donors (Lipinski definition) is 1. The Hall–Kier alpha value is -2.60. The highest BCUT2D eigenvalue weighted by molar-refractivity contribution is 7.99. The SMILES string of the molecule is Cc1ccccc1-n1c(SCC(=O)NCC(C)C)nnc1-c1ccc(C(C)(C)C)cc1. The maximum absolute atomic E-state index is 12.3. The first-order valence-electron chi connectivity index (χ1n) is 10.7. The number of nitrogens with zero attached hydrogens (tertiary/aromatic N) is 3. The molecule has 1 heterocycles. The number of aromatic nitrogens is 3.